The van der Waals surface area contributed by atoms with E-state index in [0.717, 1.165) is 21.9 Å². The topological polar surface area (TPSA) is 84.9 Å². The number of rotatable bonds is 9. The van der Waals surface area contributed by atoms with Gasteiger partial charge in [0.1, 0.15) is 24.7 Å². The van der Waals surface area contributed by atoms with Crippen LogP contribution >= 0.6 is 0 Å². The van der Waals surface area contributed by atoms with Crippen LogP contribution in [0.25, 0.3) is 0 Å². The fraction of sp³-hybridized carbons (Fsp3) is 0.350. The van der Waals surface area contributed by atoms with E-state index in [1.165, 1.54) is 12.7 Å². The third kappa shape index (κ3) is 6.16. The second-order valence-electron chi connectivity index (χ2n) is 6.41. The molecule has 1 N–H and O–H groups in total. The summed E-state index contributed by atoms with van der Waals surface area (Å²) in [5.74, 6) is 0.920. The third-order valence-electron chi connectivity index (χ3n) is 4.22. The van der Waals surface area contributed by atoms with E-state index < -0.39 is 15.9 Å². The van der Waals surface area contributed by atoms with Gasteiger partial charge in [0.05, 0.1) is 25.6 Å². The molecule has 0 bridgehead atoms. The molecule has 2 aromatic carbocycles. The van der Waals surface area contributed by atoms with Gasteiger partial charge in [0, 0.05) is 0 Å². The molecular weight excluding hydrogens is 380 g/mol. The number of aryl methyl sites for hydroxylation is 2. The van der Waals surface area contributed by atoms with E-state index in [9.17, 15) is 13.2 Å². The molecule has 0 fully saturated rings. The quantitative estimate of drug-likeness (QED) is 0.646. The lowest BCUT2D eigenvalue weighted by Crippen LogP contribution is -2.41. The summed E-state index contributed by atoms with van der Waals surface area (Å²) in [7, 11) is -2.09. The van der Waals surface area contributed by atoms with E-state index in [4.69, 9.17) is 9.47 Å². The number of hydrogen-bond donors (Lipinski definition) is 1. The van der Waals surface area contributed by atoms with Crippen molar-refractivity contribution in [3.05, 3.63) is 53.6 Å². The van der Waals surface area contributed by atoms with E-state index >= 15 is 0 Å². The Morgan fingerprint density at radius 1 is 1.04 bits per heavy atom. The van der Waals surface area contributed by atoms with Gasteiger partial charge in [-0.2, -0.15) is 0 Å². The molecule has 7 nitrogen and oxygen atoms in total. The number of methoxy groups -OCH3 is 1. The Hall–Kier alpha value is -2.74. The van der Waals surface area contributed by atoms with Crippen LogP contribution in [0.3, 0.4) is 0 Å². The van der Waals surface area contributed by atoms with E-state index in [1.807, 2.05) is 32.0 Å². The first-order valence-electron chi connectivity index (χ1n) is 8.79. The summed E-state index contributed by atoms with van der Waals surface area (Å²) in [5.41, 5.74) is 2.70. The molecule has 0 saturated carbocycles. The summed E-state index contributed by atoms with van der Waals surface area (Å²) in [5, 5.41) is 2.68. The fourth-order valence-electron chi connectivity index (χ4n) is 2.50. The number of ether oxygens (including phenoxy) is 2. The third-order valence-corrected chi connectivity index (χ3v) is 5.36. The average Bonchev–Trinajstić information content (AvgIpc) is 2.65. The highest BCUT2D eigenvalue weighted by molar-refractivity contribution is 7.92. The largest absolute Gasteiger partial charge is 0.497 e. The van der Waals surface area contributed by atoms with Crippen molar-refractivity contribution in [3.63, 3.8) is 0 Å². The minimum atomic E-state index is -3.61. The van der Waals surface area contributed by atoms with Gasteiger partial charge in [-0.1, -0.05) is 6.07 Å². The Bertz CT molecular complexity index is 911. The van der Waals surface area contributed by atoms with Gasteiger partial charge in [0.15, 0.2) is 0 Å². The standard InChI is InChI=1S/C20H26N2O5S/c1-15-5-8-19(13-16(15)2)27-12-11-21-20(23)14-22(28(4,24)25)17-6-9-18(26-3)10-7-17/h5-10,13H,11-12,14H2,1-4H3,(H,21,23). The van der Waals surface area contributed by atoms with Crippen LogP contribution in [-0.4, -0.2) is 47.4 Å². The van der Waals surface area contributed by atoms with Gasteiger partial charge >= 0.3 is 0 Å². The molecule has 8 heteroatoms. The lowest BCUT2D eigenvalue weighted by atomic mass is 10.1. The van der Waals surface area contributed by atoms with Crippen LogP contribution in [0, 0.1) is 13.8 Å². The van der Waals surface area contributed by atoms with Gasteiger partial charge in [0.2, 0.25) is 15.9 Å². The van der Waals surface area contributed by atoms with Gasteiger partial charge in [0.25, 0.3) is 0 Å². The molecule has 0 unspecified atom stereocenters. The summed E-state index contributed by atoms with van der Waals surface area (Å²) >= 11 is 0. The van der Waals surface area contributed by atoms with Gasteiger partial charge in [-0.25, -0.2) is 8.42 Å². The van der Waals surface area contributed by atoms with Gasteiger partial charge in [-0.05, 0) is 61.4 Å². The molecular formula is C20H26N2O5S. The summed E-state index contributed by atoms with van der Waals surface area (Å²) in [4.78, 5) is 12.2. The first-order valence-corrected chi connectivity index (χ1v) is 10.6. The Balaban J connectivity index is 1.89. The number of carbonyl (C=O) groups is 1. The summed E-state index contributed by atoms with van der Waals surface area (Å²) in [6.45, 7) is 4.27. The van der Waals surface area contributed by atoms with Crippen LogP contribution in [-0.2, 0) is 14.8 Å². The zero-order valence-corrected chi connectivity index (χ0v) is 17.4. The van der Waals surface area contributed by atoms with E-state index in [1.54, 1.807) is 24.3 Å². The van der Waals surface area contributed by atoms with Gasteiger partial charge in [-0.15, -0.1) is 0 Å². The zero-order valence-electron chi connectivity index (χ0n) is 16.6. The predicted octanol–water partition coefficient (Wildman–Crippen LogP) is 2.27. The van der Waals surface area contributed by atoms with Crippen molar-refractivity contribution >= 4 is 21.6 Å². The van der Waals surface area contributed by atoms with Gasteiger partial charge in [-0.3, -0.25) is 9.10 Å². The number of amides is 1. The van der Waals surface area contributed by atoms with Crippen molar-refractivity contribution in [1.82, 2.24) is 5.32 Å². The monoisotopic (exact) mass is 406 g/mol. The highest BCUT2D eigenvalue weighted by Gasteiger charge is 2.20. The van der Waals surface area contributed by atoms with Crippen LogP contribution < -0.4 is 19.1 Å². The molecule has 0 aliphatic carbocycles. The Kier molecular flexibility index (Phi) is 7.28. The molecule has 0 heterocycles. The number of anilines is 1. The maximum atomic E-state index is 12.2. The number of hydrogen-bond acceptors (Lipinski definition) is 5. The van der Waals surface area contributed by atoms with Crippen molar-refractivity contribution in [1.29, 1.82) is 0 Å². The summed E-state index contributed by atoms with van der Waals surface area (Å²) in [6, 6.07) is 12.3. The Morgan fingerprint density at radius 2 is 1.68 bits per heavy atom. The summed E-state index contributed by atoms with van der Waals surface area (Å²) in [6.07, 6.45) is 1.06. The molecule has 0 radical (unpaired) electrons. The van der Waals surface area contributed by atoms with Crippen molar-refractivity contribution in [2.45, 2.75) is 13.8 Å². The smallest absolute Gasteiger partial charge is 0.240 e. The maximum absolute atomic E-state index is 12.2. The predicted molar refractivity (Wildman–Crippen MR) is 110 cm³/mol. The Morgan fingerprint density at radius 3 is 2.25 bits per heavy atom. The van der Waals surface area contributed by atoms with Crippen molar-refractivity contribution < 1.29 is 22.7 Å². The number of nitrogens with one attached hydrogen (secondary N) is 1. The highest BCUT2D eigenvalue weighted by atomic mass is 32.2. The molecule has 0 spiro atoms. The molecule has 0 aromatic heterocycles. The van der Waals surface area contributed by atoms with Crippen molar-refractivity contribution in [3.8, 4) is 11.5 Å². The van der Waals surface area contributed by atoms with Crippen molar-refractivity contribution in [2.75, 3.05) is 37.4 Å². The first-order chi connectivity index (χ1) is 13.2. The van der Waals surface area contributed by atoms with Crippen LogP contribution in [0.15, 0.2) is 42.5 Å². The molecule has 152 valence electrons. The molecule has 2 rings (SSSR count). The molecule has 28 heavy (non-hydrogen) atoms. The van der Waals surface area contributed by atoms with E-state index in [0.29, 0.717) is 11.4 Å². The van der Waals surface area contributed by atoms with Crippen LogP contribution in [0.5, 0.6) is 11.5 Å². The molecule has 0 aliphatic rings. The summed E-state index contributed by atoms with van der Waals surface area (Å²) < 4.78 is 35.9. The lowest BCUT2D eigenvalue weighted by Gasteiger charge is -2.22. The van der Waals surface area contributed by atoms with Crippen LogP contribution in [0.1, 0.15) is 11.1 Å². The molecule has 0 aliphatic heterocycles. The minimum absolute atomic E-state index is 0.270. The first kappa shape index (κ1) is 21.6. The lowest BCUT2D eigenvalue weighted by molar-refractivity contribution is -0.119. The molecule has 0 atom stereocenters. The van der Waals surface area contributed by atoms with Crippen LogP contribution in [0.2, 0.25) is 0 Å². The second kappa shape index (κ2) is 9.45. The SMILES string of the molecule is COc1ccc(N(CC(=O)NCCOc2ccc(C)c(C)c2)S(C)(=O)=O)cc1. The molecule has 0 saturated heterocycles. The van der Waals surface area contributed by atoms with E-state index in [2.05, 4.69) is 5.32 Å². The number of sulfonamides is 1. The number of carbonyl (C=O) groups excluding carboxylic acids is 1. The Labute approximate surface area is 166 Å². The minimum Gasteiger partial charge on any atom is -0.497 e. The second-order valence-corrected chi connectivity index (χ2v) is 8.32. The van der Waals surface area contributed by atoms with Crippen molar-refractivity contribution in [2.24, 2.45) is 0 Å². The maximum Gasteiger partial charge on any atom is 0.240 e. The normalized spacial score (nSPS) is 11.0. The zero-order chi connectivity index (χ0) is 20.7. The number of benzene rings is 2. The molecule has 2 aromatic rings. The van der Waals surface area contributed by atoms with E-state index in [-0.39, 0.29) is 19.7 Å². The molecule has 1 amide bonds. The van der Waals surface area contributed by atoms with Crippen LogP contribution in [0.4, 0.5) is 5.69 Å². The number of nitrogens with zero attached hydrogens (tertiary/aromatic N) is 1. The fourth-order valence-corrected chi connectivity index (χ4v) is 3.35. The highest BCUT2D eigenvalue weighted by Crippen LogP contribution is 2.21. The van der Waals surface area contributed by atoms with Gasteiger partial charge < -0.3 is 14.8 Å². The average molecular weight is 407 g/mol.